The molecule has 2 heterocycles. The summed E-state index contributed by atoms with van der Waals surface area (Å²) >= 11 is 0. The third kappa shape index (κ3) is 4.14. The van der Waals surface area contributed by atoms with Crippen LogP contribution in [-0.4, -0.2) is 47.4 Å². The smallest absolute Gasteiger partial charge is 0.387 e. The third-order valence-corrected chi connectivity index (χ3v) is 5.92. The van der Waals surface area contributed by atoms with Crippen molar-refractivity contribution in [3.63, 3.8) is 0 Å². The lowest BCUT2D eigenvalue weighted by Crippen LogP contribution is -2.46. The second-order valence-electron chi connectivity index (χ2n) is 8.07. The van der Waals surface area contributed by atoms with Crippen LogP contribution in [0.3, 0.4) is 0 Å². The summed E-state index contributed by atoms with van der Waals surface area (Å²) in [6, 6.07) is 8.72. The van der Waals surface area contributed by atoms with Crippen molar-refractivity contribution in [2.75, 3.05) is 18.0 Å². The molecule has 12 heteroatoms. The van der Waals surface area contributed by atoms with Crippen LogP contribution >= 0.6 is 0 Å². The van der Waals surface area contributed by atoms with Crippen LogP contribution in [0.4, 0.5) is 25.0 Å². The number of benzene rings is 2. The minimum Gasteiger partial charge on any atom is -0.435 e. The van der Waals surface area contributed by atoms with Crippen LogP contribution in [0.2, 0.25) is 0 Å². The summed E-state index contributed by atoms with van der Waals surface area (Å²) in [5.41, 5.74) is -0.102. The maximum atomic E-state index is 13.1. The molecule has 178 valence electrons. The Morgan fingerprint density at radius 2 is 1.94 bits per heavy atom. The number of carbonyl (C=O) groups is 3. The van der Waals surface area contributed by atoms with Gasteiger partial charge in [-0.05, 0) is 49.1 Å². The number of aryl methyl sites for hydroxylation is 1. The molecule has 4 amide bonds. The number of rotatable bonds is 6. The highest BCUT2D eigenvalue weighted by Crippen LogP contribution is 2.33. The molecular formula is C22H20F2N4O6. The predicted octanol–water partition coefficient (Wildman–Crippen LogP) is 2.94. The number of hydrogen-bond acceptors (Lipinski definition) is 6. The Morgan fingerprint density at radius 1 is 1.24 bits per heavy atom. The Kier molecular flexibility index (Phi) is 5.90. The van der Waals surface area contributed by atoms with Crippen molar-refractivity contribution in [1.82, 2.24) is 10.2 Å². The van der Waals surface area contributed by atoms with E-state index in [1.54, 1.807) is 0 Å². The van der Waals surface area contributed by atoms with Crippen LogP contribution in [-0.2, 0) is 21.5 Å². The quantitative estimate of drug-likeness (QED) is 0.390. The van der Waals surface area contributed by atoms with Gasteiger partial charge in [-0.1, -0.05) is 12.1 Å². The Hall–Kier alpha value is -4.09. The van der Waals surface area contributed by atoms with Crippen LogP contribution in [0.5, 0.6) is 5.75 Å². The van der Waals surface area contributed by atoms with E-state index < -0.39 is 41.5 Å². The number of hydrogen-bond donors (Lipinski definition) is 1. The Labute approximate surface area is 192 Å². The van der Waals surface area contributed by atoms with Gasteiger partial charge in [0.1, 0.15) is 17.8 Å². The summed E-state index contributed by atoms with van der Waals surface area (Å²) in [5.74, 6) is -1.28. The summed E-state index contributed by atoms with van der Waals surface area (Å²) < 4.78 is 29.1. The first-order valence-corrected chi connectivity index (χ1v) is 10.4. The second kappa shape index (κ2) is 8.69. The van der Waals surface area contributed by atoms with Crippen LogP contribution in [0, 0.1) is 10.1 Å². The number of anilines is 1. The number of non-ortho nitro benzene ring substituents is 1. The highest BCUT2D eigenvalue weighted by molar-refractivity contribution is 6.10. The molecule has 2 aliphatic rings. The molecule has 0 bridgehead atoms. The molecular weight excluding hydrogens is 454 g/mol. The zero-order valence-electron chi connectivity index (χ0n) is 18.0. The maximum Gasteiger partial charge on any atom is 0.387 e. The van der Waals surface area contributed by atoms with Gasteiger partial charge in [-0.2, -0.15) is 8.78 Å². The lowest BCUT2D eigenvalue weighted by atomic mass is 9.92. The Balaban J connectivity index is 1.52. The molecule has 1 unspecified atom stereocenters. The number of nitrogens with zero attached hydrogens (tertiary/aromatic N) is 3. The van der Waals surface area contributed by atoms with Gasteiger partial charge < -0.3 is 15.0 Å². The first kappa shape index (κ1) is 23.1. The van der Waals surface area contributed by atoms with Crippen molar-refractivity contribution in [3.05, 3.63) is 63.7 Å². The number of alkyl halides is 2. The molecule has 0 radical (unpaired) electrons. The number of halogens is 2. The van der Waals surface area contributed by atoms with E-state index in [-0.39, 0.29) is 11.4 Å². The molecule has 2 aromatic rings. The number of imide groups is 1. The maximum absolute atomic E-state index is 13.1. The number of carbonyl (C=O) groups excluding carboxylic acids is 3. The number of nitro groups is 1. The molecule has 0 saturated carbocycles. The van der Waals surface area contributed by atoms with Gasteiger partial charge in [0.2, 0.25) is 5.91 Å². The van der Waals surface area contributed by atoms with Gasteiger partial charge in [0.15, 0.2) is 0 Å². The Morgan fingerprint density at radius 3 is 2.59 bits per heavy atom. The molecule has 2 aromatic carbocycles. The molecule has 2 aliphatic heterocycles. The zero-order chi connectivity index (χ0) is 24.6. The summed E-state index contributed by atoms with van der Waals surface area (Å²) in [6.07, 6.45) is 1.14. The summed E-state index contributed by atoms with van der Waals surface area (Å²) in [7, 11) is 0. The highest BCUT2D eigenvalue weighted by Gasteiger charge is 2.50. The van der Waals surface area contributed by atoms with Crippen LogP contribution < -0.4 is 15.0 Å². The lowest BCUT2D eigenvalue weighted by molar-refractivity contribution is -0.384. The molecule has 0 aromatic heterocycles. The van der Waals surface area contributed by atoms with Crippen LogP contribution in [0.25, 0.3) is 0 Å². The highest BCUT2D eigenvalue weighted by atomic mass is 19.3. The van der Waals surface area contributed by atoms with Crippen molar-refractivity contribution >= 4 is 29.2 Å². The number of nitro benzene ring substituents is 1. The monoisotopic (exact) mass is 474 g/mol. The number of urea groups is 1. The van der Waals surface area contributed by atoms with Crippen molar-refractivity contribution in [1.29, 1.82) is 0 Å². The van der Waals surface area contributed by atoms with E-state index in [1.807, 2.05) is 0 Å². The minimum absolute atomic E-state index is 0.0807. The first-order valence-electron chi connectivity index (χ1n) is 10.4. The van der Waals surface area contributed by atoms with E-state index in [1.165, 1.54) is 54.3 Å². The van der Waals surface area contributed by atoms with E-state index in [4.69, 9.17) is 0 Å². The van der Waals surface area contributed by atoms with E-state index in [0.29, 0.717) is 36.2 Å². The lowest BCUT2D eigenvalue weighted by Gasteiger charge is -2.30. The molecule has 1 N–H and O–H groups in total. The standard InChI is InChI=1S/C22H20F2N4O6/c1-22(14-4-7-16(8-5-14)34-20(23)24)19(30)27(21(31)25-22)12-18(29)26-10-2-3-13-11-15(28(32)33)6-9-17(13)26/h4-9,11,20H,2-3,10,12H2,1H3,(H,25,31). The van der Waals surface area contributed by atoms with Gasteiger partial charge in [-0.3, -0.25) is 24.6 Å². The summed E-state index contributed by atoms with van der Waals surface area (Å²) in [5, 5.41) is 13.6. The topological polar surface area (TPSA) is 122 Å². The fourth-order valence-electron chi connectivity index (χ4n) is 4.18. The molecule has 10 nitrogen and oxygen atoms in total. The van der Waals surface area contributed by atoms with Gasteiger partial charge in [0, 0.05) is 24.4 Å². The SMILES string of the molecule is CC1(c2ccc(OC(F)F)cc2)NC(=O)N(CC(=O)N2CCCc3cc([N+](=O)[O-])ccc32)C1=O. The van der Waals surface area contributed by atoms with Crippen molar-refractivity contribution in [3.8, 4) is 5.75 Å². The van der Waals surface area contributed by atoms with E-state index in [2.05, 4.69) is 10.1 Å². The number of amides is 4. The normalized spacial score (nSPS) is 19.8. The van der Waals surface area contributed by atoms with Gasteiger partial charge in [0.25, 0.3) is 11.6 Å². The van der Waals surface area contributed by atoms with Gasteiger partial charge in [-0.25, -0.2) is 4.79 Å². The second-order valence-corrected chi connectivity index (χ2v) is 8.07. The van der Waals surface area contributed by atoms with Gasteiger partial charge in [0.05, 0.1) is 4.92 Å². The number of fused-ring (bicyclic) bond motifs is 1. The average molecular weight is 474 g/mol. The largest absolute Gasteiger partial charge is 0.435 e. The average Bonchev–Trinajstić information content (AvgIpc) is 3.02. The van der Waals surface area contributed by atoms with Crippen molar-refractivity contribution in [2.45, 2.75) is 31.9 Å². The number of ether oxygens (including phenoxy) is 1. The van der Waals surface area contributed by atoms with Crippen molar-refractivity contribution < 1.29 is 32.8 Å². The van der Waals surface area contributed by atoms with Crippen molar-refractivity contribution in [2.24, 2.45) is 0 Å². The van der Waals surface area contributed by atoms with Crippen LogP contribution in [0.15, 0.2) is 42.5 Å². The van der Waals surface area contributed by atoms with E-state index >= 15 is 0 Å². The molecule has 4 rings (SSSR count). The fraction of sp³-hybridized carbons (Fsp3) is 0.318. The molecule has 34 heavy (non-hydrogen) atoms. The van der Waals surface area contributed by atoms with Gasteiger partial charge >= 0.3 is 12.6 Å². The molecule has 1 saturated heterocycles. The van der Waals surface area contributed by atoms with E-state index in [0.717, 1.165) is 4.90 Å². The van der Waals surface area contributed by atoms with E-state index in [9.17, 15) is 33.3 Å². The summed E-state index contributed by atoms with van der Waals surface area (Å²) in [4.78, 5) is 51.5. The predicted molar refractivity (Wildman–Crippen MR) is 114 cm³/mol. The van der Waals surface area contributed by atoms with Gasteiger partial charge in [-0.15, -0.1) is 0 Å². The molecule has 0 spiro atoms. The molecule has 0 aliphatic carbocycles. The molecule has 1 fully saturated rings. The first-order chi connectivity index (χ1) is 16.1. The third-order valence-electron chi connectivity index (χ3n) is 5.92. The minimum atomic E-state index is -3.00. The summed E-state index contributed by atoms with van der Waals surface area (Å²) in [6.45, 7) is -1.73. The Bertz CT molecular complexity index is 1170. The zero-order valence-corrected chi connectivity index (χ0v) is 18.0. The van der Waals surface area contributed by atoms with Crippen LogP contribution in [0.1, 0.15) is 24.5 Å². The number of nitrogens with one attached hydrogen (secondary N) is 1. The molecule has 1 atom stereocenters. The fourth-order valence-corrected chi connectivity index (χ4v) is 4.18.